The first-order valence-electron chi connectivity index (χ1n) is 6.17. The van der Waals surface area contributed by atoms with Crippen LogP contribution in [0.2, 0.25) is 0 Å². The van der Waals surface area contributed by atoms with Gasteiger partial charge in [-0.2, -0.15) is 0 Å². The molecule has 0 radical (unpaired) electrons. The van der Waals surface area contributed by atoms with Gasteiger partial charge in [0.2, 0.25) is 0 Å². The molecule has 3 rings (SSSR count). The van der Waals surface area contributed by atoms with E-state index in [2.05, 4.69) is 5.32 Å². The van der Waals surface area contributed by atoms with E-state index in [0.29, 0.717) is 17.6 Å². The van der Waals surface area contributed by atoms with Crippen molar-refractivity contribution >= 4 is 17.4 Å². The van der Waals surface area contributed by atoms with Gasteiger partial charge in [0, 0.05) is 17.9 Å². The number of amides is 2. The molecule has 17 heavy (non-hydrogen) atoms. The average molecular weight is 231 g/mol. The number of urea groups is 1. The summed E-state index contributed by atoms with van der Waals surface area (Å²) in [5.41, 5.74) is 7.33. The van der Waals surface area contributed by atoms with Crippen LogP contribution in [0.15, 0.2) is 24.3 Å². The second kappa shape index (κ2) is 3.95. The number of carbonyl (C=O) groups is 1. The van der Waals surface area contributed by atoms with Crippen molar-refractivity contribution in [1.82, 2.24) is 5.32 Å². The number of hydrogen-bond donors (Lipinski definition) is 2. The first-order chi connectivity index (χ1) is 8.24. The van der Waals surface area contributed by atoms with Crippen molar-refractivity contribution < 1.29 is 4.79 Å². The van der Waals surface area contributed by atoms with Crippen molar-refractivity contribution in [1.29, 1.82) is 0 Å². The molecule has 1 heterocycles. The molecule has 1 aromatic rings. The maximum absolute atomic E-state index is 11.9. The largest absolute Gasteiger partial charge is 0.399 e. The molecular weight excluding hydrogens is 214 g/mol. The Labute approximate surface area is 101 Å². The van der Waals surface area contributed by atoms with Gasteiger partial charge in [-0.25, -0.2) is 4.79 Å². The van der Waals surface area contributed by atoms with Crippen molar-refractivity contribution in [2.75, 3.05) is 17.2 Å². The molecule has 0 bridgehead atoms. The van der Waals surface area contributed by atoms with Crippen molar-refractivity contribution in [3.8, 4) is 0 Å². The second-order valence-electron chi connectivity index (χ2n) is 4.95. The van der Waals surface area contributed by atoms with Gasteiger partial charge < -0.3 is 11.1 Å². The highest BCUT2D eigenvalue weighted by molar-refractivity contribution is 5.95. The summed E-state index contributed by atoms with van der Waals surface area (Å²) in [6.45, 7) is 0.771. The van der Waals surface area contributed by atoms with Crippen molar-refractivity contribution in [2.24, 2.45) is 5.92 Å². The van der Waals surface area contributed by atoms with Crippen molar-refractivity contribution in [3.63, 3.8) is 0 Å². The molecule has 90 valence electrons. The van der Waals surface area contributed by atoms with Gasteiger partial charge in [-0.15, -0.1) is 0 Å². The van der Waals surface area contributed by atoms with Crippen LogP contribution in [-0.2, 0) is 0 Å². The molecule has 0 spiro atoms. The summed E-state index contributed by atoms with van der Waals surface area (Å²) in [7, 11) is 0. The Balaban J connectivity index is 1.77. The predicted octanol–water partition coefficient (Wildman–Crippen LogP) is 1.97. The van der Waals surface area contributed by atoms with Crippen LogP contribution < -0.4 is 16.0 Å². The summed E-state index contributed by atoms with van der Waals surface area (Å²) < 4.78 is 0. The Morgan fingerprint density at radius 3 is 2.82 bits per heavy atom. The minimum atomic E-state index is 0.00694. The predicted molar refractivity (Wildman–Crippen MR) is 67.9 cm³/mol. The first-order valence-corrected chi connectivity index (χ1v) is 6.17. The molecule has 1 saturated heterocycles. The minimum Gasteiger partial charge on any atom is -0.399 e. The number of nitrogens with two attached hydrogens (primary N) is 1. The summed E-state index contributed by atoms with van der Waals surface area (Å²) in [6, 6.07) is 7.82. The van der Waals surface area contributed by atoms with Gasteiger partial charge in [0.1, 0.15) is 0 Å². The van der Waals surface area contributed by atoms with E-state index in [1.807, 2.05) is 24.3 Å². The van der Waals surface area contributed by atoms with Gasteiger partial charge in [0.05, 0.1) is 6.04 Å². The summed E-state index contributed by atoms with van der Waals surface area (Å²) in [5.74, 6) is 0.671. The van der Waals surface area contributed by atoms with Crippen molar-refractivity contribution in [3.05, 3.63) is 24.3 Å². The van der Waals surface area contributed by atoms with Gasteiger partial charge in [0.15, 0.2) is 0 Å². The van der Waals surface area contributed by atoms with E-state index in [-0.39, 0.29) is 6.03 Å². The number of anilines is 2. The number of carbonyl (C=O) groups excluding carboxylic acids is 1. The Morgan fingerprint density at radius 1 is 1.35 bits per heavy atom. The van der Waals surface area contributed by atoms with Crippen LogP contribution in [0.5, 0.6) is 0 Å². The maximum atomic E-state index is 11.9. The molecule has 2 fully saturated rings. The van der Waals surface area contributed by atoms with Crippen LogP contribution in [-0.4, -0.2) is 18.6 Å². The molecule has 1 aliphatic heterocycles. The van der Waals surface area contributed by atoms with Crippen LogP contribution in [0.25, 0.3) is 0 Å². The van der Waals surface area contributed by atoms with Crippen LogP contribution in [0.4, 0.5) is 16.2 Å². The van der Waals surface area contributed by atoms with Crippen LogP contribution in [0.1, 0.15) is 19.3 Å². The molecule has 2 aliphatic rings. The molecule has 4 heteroatoms. The quantitative estimate of drug-likeness (QED) is 0.764. The van der Waals surface area contributed by atoms with Crippen LogP contribution in [0.3, 0.4) is 0 Å². The zero-order valence-corrected chi connectivity index (χ0v) is 9.73. The fourth-order valence-corrected chi connectivity index (χ4v) is 2.59. The Hall–Kier alpha value is -1.71. The molecule has 2 amide bonds. The van der Waals surface area contributed by atoms with E-state index < -0.39 is 0 Å². The SMILES string of the molecule is Nc1cccc(N2CC(C3CCC3)NC2=O)c1. The van der Waals surface area contributed by atoms with Crippen molar-refractivity contribution in [2.45, 2.75) is 25.3 Å². The molecular formula is C13H17N3O. The normalized spacial score (nSPS) is 24.6. The van der Waals surface area contributed by atoms with E-state index in [1.54, 1.807) is 4.90 Å². The van der Waals surface area contributed by atoms with E-state index in [4.69, 9.17) is 5.73 Å². The highest BCUT2D eigenvalue weighted by Crippen LogP contribution is 2.33. The summed E-state index contributed by atoms with van der Waals surface area (Å²) in [5, 5.41) is 3.07. The Kier molecular flexibility index (Phi) is 2.42. The molecule has 4 nitrogen and oxygen atoms in total. The fourth-order valence-electron chi connectivity index (χ4n) is 2.59. The summed E-state index contributed by atoms with van der Waals surface area (Å²) in [6.07, 6.45) is 3.79. The minimum absolute atomic E-state index is 0.00694. The summed E-state index contributed by atoms with van der Waals surface area (Å²) >= 11 is 0. The summed E-state index contributed by atoms with van der Waals surface area (Å²) in [4.78, 5) is 13.7. The van der Waals surface area contributed by atoms with Crippen LogP contribution >= 0.6 is 0 Å². The third kappa shape index (κ3) is 1.84. The average Bonchev–Trinajstić information content (AvgIpc) is 2.57. The van der Waals surface area contributed by atoms with E-state index in [0.717, 1.165) is 12.2 Å². The first kappa shape index (κ1) is 10.4. The Morgan fingerprint density at radius 2 is 2.18 bits per heavy atom. The second-order valence-corrected chi connectivity index (χ2v) is 4.95. The van der Waals surface area contributed by atoms with Gasteiger partial charge in [-0.05, 0) is 37.0 Å². The highest BCUT2D eigenvalue weighted by atomic mass is 16.2. The number of rotatable bonds is 2. The molecule has 1 aromatic carbocycles. The Bertz CT molecular complexity index is 442. The molecule has 1 atom stereocenters. The molecule has 1 aliphatic carbocycles. The maximum Gasteiger partial charge on any atom is 0.322 e. The molecule has 1 unspecified atom stereocenters. The lowest BCUT2D eigenvalue weighted by molar-refractivity contribution is 0.234. The van der Waals surface area contributed by atoms with E-state index in [1.165, 1.54) is 19.3 Å². The molecule has 3 N–H and O–H groups in total. The smallest absolute Gasteiger partial charge is 0.322 e. The number of hydrogen-bond acceptors (Lipinski definition) is 2. The monoisotopic (exact) mass is 231 g/mol. The van der Waals surface area contributed by atoms with Gasteiger partial charge in [-0.1, -0.05) is 12.5 Å². The number of nitrogens with zero attached hydrogens (tertiary/aromatic N) is 1. The lowest BCUT2D eigenvalue weighted by atomic mass is 9.80. The van der Waals surface area contributed by atoms with Crippen LogP contribution in [0, 0.1) is 5.92 Å². The topological polar surface area (TPSA) is 58.4 Å². The van der Waals surface area contributed by atoms with Gasteiger partial charge in [0.25, 0.3) is 0 Å². The number of benzene rings is 1. The standard InChI is InChI=1S/C13H17N3O/c14-10-5-2-6-11(7-10)16-8-12(15-13(16)17)9-3-1-4-9/h2,5-7,9,12H,1,3-4,8,14H2,(H,15,17). The lowest BCUT2D eigenvalue weighted by Crippen LogP contribution is -2.37. The number of nitrogens with one attached hydrogen (secondary N) is 1. The zero-order valence-electron chi connectivity index (χ0n) is 9.73. The third-order valence-corrected chi connectivity index (χ3v) is 3.83. The van der Waals surface area contributed by atoms with E-state index in [9.17, 15) is 4.79 Å². The zero-order chi connectivity index (χ0) is 11.8. The lowest BCUT2D eigenvalue weighted by Gasteiger charge is -2.30. The fraction of sp³-hybridized carbons (Fsp3) is 0.462. The van der Waals surface area contributed by atoms with Gasteiger partial charge in [-0.3, -0.25) is 4.90 Å². The van der Waals surface area contributed by atoms with E-state index >= 15 is 0 Å². The van der Waals surface area contributed by atoms with Gasteiger partial charge >= 0.3 is 6.03 Å². The highest BCUT2D eigenvalue weighted by Gasteiger charge is 2.37. The molecule has 0 aromatic heterocycles. The molecule has 1 saturated carbocycles. The third-order valence-electron chi connectivity index (χ3n) is 3.83. The number of nitrogen functional groups attached to an aromatic ring is 1.